The van der Waals surface area contributed by atoms with Crippen LogP contribution in [0.15, 0.2) is 58.9 Å². The number of allylic oxidation sites excluding steroid dienone is 2. The number of nitrogens with zero attached hydrogens (tertiary/aromatic N) is 1. The van der Waals surface area contributed by atoms with E-state index in [1.54, 1.807) is 6.21 Å². The van der Waals surface area contributed by atoms with Gasteiger partial charge >= 0.3 is 0 Å². The Labute approximate surface area is 88.4 Å². The SMILES string of the molecule is C1=CC2=Cc3ccccc3NC2=CC=N1. The van der Waals surface area contributed by atoms with Gasteiger partial charge in [-0.3, -0.25) is 4.99 Å². The normalized spacial score (nSPS) is 16.8. The molecule has 1 N–H and O–H groups in total. The molecule has 2 aliphatic heterocycles. The smallest absolute Gasteiger partial charge is 0.0474 e. The summed E-state index contributed by atoms with van der Waals surface area (Å²) in [6, 6.07) is 8.26. The first-order valence-corrected chi connectivity index (χ1v) is 4.92. The van der Waals surface area contributed by atoms with Gasteiger partial charge in [-0.1, -0.05) is 18.2 Å². The maximum atomic E-state index is 4.10. The van der Waals surface area contributed by atoms with E-state index in [2.05, 4.69) is 28.5 Å². The van der Waals surface area contributed by atoms with Crippen LogP contribution < -0.4 is 5.32 Å². The van der Waals surface area contributed by atoms with E-state index in [9.17, 15) is 0 Å². The second-order valence-corrected chi connectivity index (χ2v) is 3.51. The number of benzene rings is 1. The quantitative estimate of drug-likeness (QED) is 0.674. The molecule has 0 saturated carbocycles. The highest BCUT2D eigenvalue weighted by Crippen LogP contribution is 2.29. The van der Waals surface area contributed by atoms with Gasteiger partial charge < -0.3 is 5.32 Å². The van der Waals surface area contributed by atoms with Crippen molar-refractivity contribution in [1.29, 1.82) is 0 Å². The predicted octanol–water partition coefficient (Wildman–Crippen LogP) is 2.98. The minimum atomic E-state index is 1.10. The van der Waals surface area contributed by atoms with Crippen molar-refractivity contribution >= 4 is 18.0 Å². The van der Waals surface area contributed by atoms with Gasteiger partial charge in [-0.25, -0.2) is 0 Å². The lowest BCUT2D eigenvalue weighted by molar-refractivity contribution is 1.39. The number of anilines is 1. The summed E-state index contributed by atoms with van der Waals surface area (Å²) in [5.41, 5.74) is 4.64. The monoisotopic (exact) mass is 194 g/mol. The van der Waals surface area contributed by atoms with Gasteiger partial charge in [-0.15, -0.1) is 0 Å². The molecule has 0 saturated heterocycles. The zero-order valence-electron chi connectivity index (χ0n) is 8.14. The van der Waals surface area contributed by atoms with Gasteiger partial charge in [0.05, 0.1) is 0 Å². The van der Waals surface area contributed by atoms with Gasteiger partial charge in [0.2, 0.25) is 0 Å². The molecule has 0 unspecified atom stereocenters. The average Bonchev–Trinajstić information content (AvgIpc) is 2.50. The fourth-order valence-electron chi connectivity index (χ4n) is 1.77. The van der Waals surface area contributed by atoms with Crippen molar-refractivity contribution < 1.29 is 0 Å². The highest BCUT2D eigenvalue weighted by atomic mass is 14.9. The molecule has 0 atom stereocenters. The van der Waals surface area contributed by atoms with Crippen LogP contribution in [0.4, 0.5) is 5.69 Å². The molecule has 1 aromatic carbocycles. The molecule has 2 heteroatoms. The third-order valence-corrected chi connectivity index (χ3v) is 2.52. The third kappa shape index (κ3) is 1.40. The number of para-hydroxylation sites is 1. The predicted molar refractivity (Wildman–Crippen MR) is 63.8 cm³/mol. The van der Waals surface area contributed by atoms with Crippen molar-refractivity contribution in [2.24, 2.45) is 4.99 Å². The maximum absolute atomic E-state index is 4.10. The number of rotatable bonds is 0. The van der Waals surface area contributed by atoms with Crippen LogP contribution in [-0.2, 0) is 0 Å². The topological polar surface area (TPSA) is 24.4 Å². The van der Waals surface area contributed by atoms with Crippen LogP contribution in [0.2, 0.25) is 0 Å². The first-order chi connectivity index (χ1) is 7.43. The molecule has 2 nitrogen and oxygen atoms in total. The van der Waals surface area contributed by atoms with E-state index in [1.807, 2.05) is 30.5 Å². The summed E-state index contributed by atoms with van der Waals surface area (Å²) in [7, 11) is 0. The van der Waals surface area contributed by atoms with Gasteiger partial charge in [-0.05, 0) is 29.9 Å². The maximum Gasteiger partial charge on any atom is 0.0474 e. The van der Waals surface area contributed by atoms with E-state index < -0.39 is 0 Å². The molecule has 0 aliphatic carbocycles. The molecule has 3 rings (SSSR count). The summed E-state index contributed by atoms with van der Waals surface area (Å²) in [4.78, 5) is 4.10. The van der Waals surface area contributed by atoms with E-state index in [0.29, 0.717) is 0 Å². The number of nitrogens with one attached hydrogen (secondary N) is 1. The molecule has 0 spiro atoms. The van der Waals surface area contributed by atoms with Gasteiger partial charge in [0.1, 0.15) is 0 Å². The summed E-state index contributed by atoms with van der Waals surface area (Å²) >= 11 is 0. The number of aliphatic imine (C=N–C) groups is 1. The van der Waals surface area contributed by atoms with Gasteiger partial charge in [-0.2, -0.15) is 0 Å². The van der Waals surface area contributed by atoms with Crippen molar-refractivity contribution in [3.63, 3.8) is 0 Å². The molecule has 0 aromatic heterocycles. The minimum absolute atomic E-state index is 1.10. The second-order valence-electron chi connectivity index (χ2n) is 3.51. The van der Waals surface area contributed by atoms with Crippen molar-refractivity contribution in [3.8, 4) is 0 Å². The van der Waals surface area contributed by atoms with Crippen molar-refractivity contribution in [3.05, 3.63) is 59.5 Å². The van der Waals surface area contributed by atoms with Crippen molar-refractivity contribution in [1.82, 2.24) is 0 Å². The van der Waals surface area contributed by atoms with E-state index in [-0.39, 0.29) is 0 Å². The zero-order valence-corrected chi connectivity index (χ0v) is 8.14. The minimum Gasteiger partial charge on any atom is -0.355 e. The van der Waals surface area contributed by atoms with Crippen LogP contribution in [0.25, 0.3) is 6.08 Å². The molecule has 2 aliphatic rings. The molecule has 0 fully saturated rings. The molecule has 15 heavy (non-hydrogen) atoms. The van der Waals surface area contributed by atoms with Crippen molar-refractivity contribution in [2.45, 2.75) is 0 Å². The zero-order chi connectivity index (χ0) is 10.1. The highest BCUT2D eigenvalue weighted by Gasteiger charge is 2.12. The van der Waals surface area contributed by atoms with Crippen LogP contribution in [0.3, 0.4) is 0 Å². The lowest BCUT2D eigenvalue weighted by Gasteiger charge is -2.19. The van der Waals surface area contributed by atoms with Crippen LogP contribution >= 0.6 is 0 Å². The lowest BCUT2D eigenvalue weighted by atomic mass is 10.0. The van der Waals surface area contributed by atoms with Gasteiger partial charge in [0.25, 0.3) is 0 Å². The first-order valence-electron chi connectivity index (χ1n) is 4.92. The summed E-state index contributed by atoms with van der Waals surface area (Å²) in [6.45, 7) is 0. The Balaban J connectivity index is 2.17. The summed E-state index contributed by atoms with van der Waals surface area (Å²) in [6.07, 6.45) is 9.78. The largest absolute Gasteiger partial charge is 0.355 e. The molecule has 1 aromatic rings. The van der Waals surface area contributed by atoms with E-state index in [4.69, 9.17) is 0 Å². The van der Waals surface area contributed by atoms with Crippen LogP contribution in [0.5, 0.6) is 0 Å². The first kappa shape index (κ1) is 8.24. The highest BCUT2D eigenvalue weighted by molar-refractivity contribution is 5.85. The molecule has 0 bridgehead atoms. The van der Waals surface area contributed by atoms with E-state index in [0.717, 1.165) is 11.4 Å². The number of hydrogen-bond donors (Lipinski definition) is 1. The Morgan fingerprint density at radius 1 is 1.13 bits per heavy atom. The third-order valence-electron chi connectivity index (χ3n) is 2.52. The standard InChI is InChI=1S/C13H10N2/c1-2-4-12-10(3-1)9-11-5-7-14-8-6-13(11)15-12/h1-9,15H. The Hall–Kier alpha value is -2.09. The van der Waals surface area contributed by atoms with Crippen molar-refractivity contribution in [2.75, 3.05) is 5.32 Å². The Morgan fingerprint density at radius 3 is 3.07 bits per heavy atom. The fraction of sp³-hybridized carbons (Fsp3) is 0. The second kappa shape index (κ2) is 3.24. The van der Waals surface area contributed by atoms with E-state index in [1.165, 1.54) is 11.1 Å². The Morgan fingerprint density at radius 2 is 2.07 bits per heavy atom. The van der Waals surface area contributed by atoms with Gasteiger partial charge in [0.15, 0.2) is 0 Å². The molecule has 0 radical (unpaired) electrons. The fourth-order valence-corrected chi connectivity index (χ4v) is 1.77. The van der Waals surface area contributed by atoms with Crippen LogP contribution in [-0.4, -0.2) is 6.21 Å². The molecular formula is C13H10N2. The summed E-state index contributed by atoms with van der Waals surface area (Å²) in [5.74, 6) is 0. The Bertz CT molecular complexity index is 519. The van der Waals surface area contributed by atoms with Gasteiger partial charge in [0, 0.05) is 29.4 Å². The number of hydrogen-bond acceptors (Lipinski definition) is 2. The summed E-state index contributed by atoms with van der Waals surface area (Å²) < 4.78 is 0. The molecule has 2 heterocycles. The molecular weight excluding hydrogens is 184 g/mol. The number of fused-ring (bicyclic) bond motifs is 2. The summed E-state index contributed by atoms with van der Waals surface area (Å²) in [5, 5.41) is 3.39. The lowest BCUT2D eigenvalue weighted by Crippen LogP contribution is -2.07. The van der Waals surface area contributed by atoms with Crippen LogP contribution in [0.1, 0.15) is 5.56 Å². The van der Waals surface area contributed by atoms with Crippen LogP contribution in [0, 0.1) is 0 Å². The Kier molecular flexibility index (Phi) is 1.78. The molecule has 72 valence electrons. The average molecular weight is 194 g/mol. The molecule has 0 amide bonds. The van der Waals surface area contributed by atoms with E-state index >= 15 is 0 Å².